The fraction of sp³-hybridized carbons (Fsp3) is 0.233. The quantitative estimate of drug-likeness (QED) is 0.363. The summed E-state index contributed by atoms with van der Waals surface area (Å²) in [6.07, 6.45) is 0.333. The molecule has 2 atom stereocenters. The number of fused-ring (bicyclic) bond motifs is 4. The fourth-order valence-electron chi connectivity index (χ4n) is 5.54. The zero-order chi connectivity index (χ0) is 26.6. The first-order chi connectivity index (χ1) is 18.3. The first kappa shape index (κ1) is 23.9. The third kappa shape index (κ3) is 3.75. The number of benzene rings is 3. The van der Waals surface area contributed by atoms with Crippen molar-refractivity contribution < 1.29 is 18.8 Å². The van der Waals surface area contributed by atoms with Crippen molar-refractivity contribution in [2.24, 2.45) is 5.92 Å². The van der Waals surface area contributed by atoms with Crippen LogP contribution < -0.4 is 10.2 Å². The Bertz CT molecular complexity index is 1580. The molecule has 3 aromatic carbocycles. The summed E-state index contributed by atoms with van der Waals surface area (Å²) in [5, 5.41) is 3.87. The van der Waals surface area contributed by atoms with Crippen molar-refractivity contribution in [3.63, 3.8) is 0 Å². The first-order valence-electron chi connectivity index (χ1n) is 12.7. The molecular formula is C30H27FN4O3. The second-order valence-electron chi connectivity index (χ2n) is 10.2. The molecule has 8 heteroatoms. The summed E-state index contributed by atoms with van der Waals surface area (Å²) < 4.78 is 13.9. The Kier molecular flexibility index (Phi) is 5.75. The van der Waals surface area contributed by atoms with E-state index in [2.05, 4.69) is 10.3 Å². The number of hydrogen-bond donors (Lipinski definition) is 2. The minimum atomic E-state index is -0.768. The molecule has 1 saturated heterocycles. The lowest BCUT2D eigenvalue weighted by molar-refractivity contribution is -0.120. The van der Waals surface area contributed by atoms with Gasteiger partial charge in [0.05, 0.1) is 11.3 Å². The Balaban J connectivity index is 1.47. The highest BCUT2D eigenvalue weighted by molar-refractivity contribution is 6.24. The standard InChI is InChI=1S/C30H27FN4O3/c1-17(2)16-32-28(36)21-8-4-6-10-24(21)35-29(37)25-15-22-20-7-3-5-9-23(20)33-26(22)27(34(25)30(35)38)18-11-13-19(31)14-12-18/h3-14,17,25,27,33H,15-16H2,1-2H3,(H,32,36)/t25-,27+/m0/s1. The van der Waals surface area contributed by atoms with Gasteiger partial charge >= 0.3 is 6.03 Å². The number of nitrogens with zero attached hydrogens (tertiary/aromatic N) is 2. The van der Waals surface area contributed by atoms with E-state index in [0.29, 0.717) is 18.5 Å². The largest absolute Gasteiger partial charge is 0.356 e. The van der Waals surface area contributed by atoms with Crippen LogP contribution in [0.5, 0.6) is 0 Å². The lowest BCUT2D eigenvalue weighted by Crippen LogP contribution is -2.44. The molecule has 0 radical (unpaired) electrons. The van der Waals surface area contributed by atoms with E-state index in [0.717, 1.165) is 27.1 Å². The van der Waals surface area contributed by atoms with Crippen LogP contribution >= 0.6 is 0 Å². The Morgan fingerprint density at radius 3 is 2.50 bits per heavy atom. The minimum Gasteiger partial charge on any atom is -0.356 e. The Morgan fingerprint density at radius 2 is 1.74 bits per heavy atom. The second kappa shape index (κ2) is 9.13. The van der Waals surface area contributed by atoms with Gasteiger partial charge in [0.1, 0.15) is 17.9 Å². The van der Waals surface area contributed by atoms with E-state index < -0.39 is 18.1 Å². The summed E-state index contributed by atoms with van der Waals surface area (Å²) in [5.41, 5.74) is 3.88. The number of aromatic nitrogens is 1. The Morgan fingerprint density at radius 1 is 1.03 bits per heavy atom. The predicted octanol–water partition coefficient (Wildman–Crippen LogP) is 5.18. The van der Waals surface area contributed by atoms with Gasteiger partial charge in [-0.2, -0.15) is 0 Å². The number of carbonyl (C=O) groups excluding carboxylic acids is 3. The van der Waals surface area contributed by atoms with E-state index in [1.165, 1.54) is 12.1 Å². The van der Waals surface area contributed by atoms with Crippen molar-refractivity contribution >= 4 is 34.4 Å². The van der Waals surface area contributed by atoms with Gasteiger partial charge in [-0.1, -0.05) is 56.3 Å². The highest BCUT2D eigenvalue weighted by Crippen LogP contribution is 2.45. The summed E-state index contributed by atoms with van der Waals surface area (Å²) in [5.74, 6) is -0.867. The lowest BCUT2D eigenvalue weighted by atomic mass is 9.89. The van der Waals surface area contributed by atoms with Crippen molar-refractivity contribution in [2.45, 2.75) is 32.4 Å². The Hall–Kier alpha value is -4.46. The summed E-state index contributed by atoms with van der Waals surface area (Å²) in [6.45, 7) is 4.45. The number of halogens is 1. The highest BCUT2D eigenvalue weighted by atomic mass is 19.1. The van der Waals surface area contributed by atoms with Gasteiger partial charge in [-0.15, -0.1) is 0 Å². The number of para-hydroxylation sites is 2. The molecule has 1 fully saturated rings. The van der Waals surface area contributed by atoms with Gasteiger partial charge in [-0.25, -0.2) is 14.1 Å². The van der Waals surface area contributed by atoms with Crippen molar-refractivity contribution in [3.05, 3.63) is 101 Å². The molecule has 0 saturated carbocycles. The second-order valence-corrected chi connectivity index (χ2v) is 10.2. The maximum absolute atomic E-state index is 14.1. The SMILES string of the molecule is CC(C)CNC(=O)c1ccccc1N1C(=O)[C@@H]2Cc3c([nH]c4ccccc34)[C@@H](c3ccc(F)cc3)N2C1=O. The molecule has 7 nitrogen and oxygen atoms in total. The van der Waals surface area contributed by atoms with Crippen molar-refractivity contribution in [1.29, 1.82) is 0 Å². The molecule has 0 spiro atoms. The average Bonchev–Trinajstić information content (AvgIpc) is 3.41. The van der Waals surface area contributed by atoms with Crippen LogP contribution in [0.4, 0.5) is 14.9 Å². The molecule has 2 N–H and O–H groups in total. The summed E-state index contributed by atoms with van der Waals surface area (Å²) >= 11 is 0. The van der Waals surface area contributed by atoms with E-state index in [1.807, 2.05) is 38.1 Å². The topological polar surface area (TPSA) is 85.5 Å². The third-order valence-electron chi connectivity index (χ3n) is 7.30. The molecule has 6 rings (SSSR count). The molecule has 38 heavy (non-hydrogen) atoms. The number of carbonyl (C=O) groups is 3. The number of urea groups is 1. The fourth-order valence-corrected chi connectivity index (χ4v) is 5.54. The zero-order valence-electron chi connectivity index (χ0n) is 21.1. The van der Waals surface area contributed by atoms with Gasteiger partial charge in [-0.3, -0.25) is 14.5 Å². The lowest BCUT2D eigenvalue weighted by Gasteiger charge is -2.36. The van der Waals surface area contributed by atoms with Crippen LogP contribution in [-0.2, 0) is 11.2 Å². The number of aromatic amines is 1. The van der Waals surface area contributed by atoms with Crippen molar-refractivity contribution in [3.8, 4) is 0 Å². The van der Waals surface area contributed by atoms with Gasteiger partial charge in [0, 0.05) is 29.6 Å². The number of anilines is 1. The van der Waals surface area contributed by atoms with Gasteiger partial charge in [0.15, 0.2) is 0 Å². The van der Waals surface area contributed by atoms with Crippen LogP contribution in [0, 0.1) is 11.7 Å². The smallest absolute Gasteiger partial charge is 0.332 e. The summed E-state index contributed by atoms with van der Waals surface area (Å²) in [7, 11) is 0. The third-order valence-corrected chi connectivity index (χ3v) is 7.30. The number of hydrogen-bond acceptors (Lipinski definition) is 3. The van der Waals surface area contributed by atoms with Gasteiger partial charge < -0.3 is 10.3 Å². The minimum absolute atomic E-state index is 0.246. The van der Waals surface area contributed by atoms with Crippen LogP contribution in [0.2, 0.25) is 0 Å². The molecule has 192 valence electrons. The van der Waals surface area contributed by atoms with Gasteiger partial charge in [0.25, 0.3) is 11.8 Å². The molecule has 4 aromatic rings. The molecule has 1 aromatic heterocycles. The first-order valence-corrected chi connectivity index (χ1v) is 12.7. The van der Waals surface area contributed by atoms with E-state index in [9.17, 15) is 18.8 Å². The van der Waals surface area contributed by atoms with Gasteiger partial charge in [-0.05, 0) is 47.4 Å². The highest BCUT2D eigenvalue weighted by Gasteiger charge is 2.53. The number of H-pyrrole nitrogens is 1. The van der Waals surface area contributed by atoms with Crippen LogP contribution in [-0.4, -0.2) is 40.3 Å². The molecule has 2 aliphatic rings. The molecule has 0 aliphatic carbocycles. The maximum Gasteiger partial charge on any atom is 0.332 e. The van der Waals surface area contributed by atoms with Crippen molar-refractivity contribution in [1.82, 2.24) is 15.2 Å². The average molecular weight is 511 g/mol. The van der Waals surface area contributed by atoms with Crippen LogP contribution in [0.3, 0.4) is 0 Å². The number of nitrogens with one attached hydrogen (secondary N) is 2. The van der Waals surface area contributed by atoms with E-state index in [-0.39, 0.29) is 34.8 Å². The Labute approximate surface area is 219 Å². The van der Waals surface area contributed by atoms with Crippen LogP contribution in [0.15, 0.2) is 72.8 Å². The number of imide groups is 1. The predicted molar refractivity (Wildman–Crippen MR) is 142 cm³/mol. The molecule has 2 aliphatic heterocycles. The van der Waals surface area contributed by atoms with Crippen LogP contribution in [0.25, 0.3) is 10.9 Å². The van der Waals surface area contributed by atoms with Crippen molar-refractivity contribution in [2.75, 3.05) is 11.4 Å². The normalized spacial score (nSPS) is 18.7. The van der Waals surface area contributed by atoms with E-state index in [1.54, 1.807) is 41.3 Å². The number of amides is 4. The molecule has 4 amide bonds. The summed E-state index contributed by atoms with van der Waals surface area (Å²) in [4.78, 5) is 47.2. The van der Waals surface area contributed by atoms with E-state index in [4.69, 9.17) is 0 Å². The monoisotopic (exact) mass is 510 g/mol. The van der Waals surface area contributed by atoms with Crippen LogP contribution in [0.1, 0.15) is 47.1 Å². The number of rotatable bonds is 5. The zero-order valence-corrected chi connectivity index (χ0v) is 21.1. The molecule has 0 unspecified atom stereocenters. The molecular weight excluding hydrogens is 483 g/mol. The van der Waals surface area contributed by atoms with Gasteiger partial charge in [0.2, 0.25) is 0 Å². The van der Waals surface area contributed by atoms with E-state index >= 15 is 0 Å². The molecule has 0 bridgehead atoms. The summed E-state index contributed by atoms with van der Waals surface area (Å²) in [6, 6.07) is 18.6. The maximum atomic E-state index is 14.1. The molecule has 3 heterocycles.